The summed E-state index contributed by atoms with van der Waals surface area (Å²) in [5.74, 6) is 0. The van der Waals surface area contributed by atoms with Gasteiger partial charge in [-0.05, 0) is 42.0 Å². The zero-order chi connectivity index (χ0) is 12.5. The van der Waals surface area contributed by atoms with Crippen molar-refractivity contribution < 1.29 is 5.11 Å². The maximum absolute atomic E-state index is 9.38. The molecule has 0 atom stereocenters. The van der Waals surface area contributed by atoms with E-state index in [1.54, 1.807) is 17.4 Å². The lowest BCUT2D eigenvalue weighted by Crippen LogP contribution is -1.69. The third kappa shape index (κ3) is 2.29. The Morgan fingerprint density at radius 1 is 0.722 bits per heavy atom. The molecule has 0 unspecified atom stereocenters. The lowest BCUT2D eigenvalue weighted by atomic mass is 10.2. The van der Waals surface area contributed by atoms with Crippen LogP contribution in [0, 0.1) is 0 Å². The van der Waals surface area contributed by atoms with Crippen molar-refractivity contribution in [3.05, 3.63) is 53.6 Å². The number of aromatic hydroxyl groups is 1. The maximum Gasteiger partial charge on any atom is 0.171 e. The quantitative estimate of drug-likeness (QED) is 0.661. The number of halogens is 1. The first-order valence-electron chi connectivity index (χ1n) is 5.37. The van der Waals surface area contributed by atoms with Crippen molar-refractivity contribution in [2.75, 3.05) is 0 Å². The smallest absolute Gasteiger partial charge is 0.171 e. The van der Waals surface area contributed by atoms with Gasteiger partial charge in [-0.3, -0.25) is 0 Å². The molecular weight excluding hydrogens is 284 g/mol. The van der Waals surface area contributed by atoms with E-state index in [2.05, 4.69) is 12.1 Å². The van der Waals surface area contributed by atoms with E-state index in [9.17, 15) is 5.11 Å². The van der Waals surface area contributed by atoms with Crippen LogP contribution < -0.4 is 0 Å². The second kappa shape index (κ2) is 4.76. The van der Waals surface area contributed by atoms with E-state index in [1.807, 2.05) is 30.3 Å². The second-order valence-electron chi connectivity index (χ2n) is 3.81. The molecule has 0 aliphatic carbocycles. The van der Waals surface area contributed by atoms with Gasteiger partial charge in [-0.2, -0.15) is 0 Å². The van der Waals surface area contributed by atoms with Gasteiger partial charge in [-0.15, -0.1) is 11.3 Å². The van der Waals surface area contributed by atoms with E-state index in [1.165, 1.54) is 21.1 Å². The van der Waals surface area contributed by atoms with E-state index in [-0.39, 0.29) is 0 Å². The average Bonchev–Trinajstić information content (AvgIpc) is 2.98. The van der Waals surface area contributed by atoms with Gasteiger partial charge >= 0.3 is 0 Å². The molecule has 1 nitrogen and oxygen atoms in total. The molecular formula is C14H9ClOS2. The molecule has 3 aromatic rings. The Morgan fingerprint density at radius 3 is 2.00 bits per heavy atom. The predicted octanol–water partition coefficient (Wildman–Crippen LogP) is 5.50. The molecule has 0 aliphatic heterocycles. The van der Waals surface area contributed by atoms with E-state index < -0.39 is 0 Å². The topological polar surface area (TPSA) is 20.2 Å². The van der Waals surface area contributed by atoms with Crippen LogP contribution >= 0.6 is 34.3 Å². The molecule has 2 aromatic heterocycles. The number of thiophene rings is 2. The molecule has 0 fully saturated rings. The van der Waals surface area contributed by atoms with Crippen molar-refractivity contribution in [2.45, 2.75) is 0 Å². The molecule has 1 N–H and O–H groups in total. The zero-order valence-corrected chi connectivity index (χ0v) is 11.6. The van der Waals surface area contributed by atoms with Gasteiger partial charge < -0.3 is 5.11 Å². The van der Waals surface area contributed by atoms with Crippen LogP contribution in [0.1, 0.15) is 0 Å². The van der Waals surface area contributed by atoms with E-state index in [0.717, 1.165) is 15.5 Å². The number of hydrogen-bond acceptors (Lipinski definition) is 3. The van der Waals surface area contributed by atoms with Gasteiger partial charge in [0, 0.05) is 19.7 Å². The molecule has 18 heavy (non-hydrogen) atoms. The lowest BCUT2D eigenvalue weighted by molar-refractivity contribution is 0.491. The summed E-state index contributed by atoms with van der Waals surface area (Å²) in [6.45, 7) is 0. The summed E-state index contributed by atoms with van der Waals surface area (Å²) < 4.78 is 0. The molecule has 0 saturated heterocycles. The highest BCUT2D eigenvalue weighted by Gasteiger charge is 2.07. The first kappa shape index (κ1) is 11.8. The van der Waals surface area contributed by atoms with E-state index in [4.69, 9.17) is 11.6 Å². The van der Waals surface area contributed by atoms with Crippen LogP contribution in [0.5, 0.6) is 5.06 Å². The summed E-state index contributed by atoms with van der Waals surface area (Å²) in [5, 5.41) is 10.5. The van der Waals surface area contributed by atoms with Gasteiger partial charge in [0.25, 0.3) is 0 Å². The second-order valence-corrected chi connectivity index (χ2v) is 6.39. The monoisotopic (exact) mass is 292 g/mol. The molecule has 0 radical (unpaired) electrons. The van der Waals surface area contributed by atoms with Crippen molar-refractivity contribution in [1.82, 2.24) is 0 Å². The highest BCUT2D eigenvalue weighted by molar-refractivity contribution is 7.24. The van der Waals surface area contributed by atoms with Crippen LogP contribution in [0.15, 0.2) is 48.5 Å². The fraction of sp³-hybridized carbons (Fsp3) is 0. The summed E-state index contributed by atoms with van der Waals surface area (Å²) in [7, 11) is 0. The minimum absolute atomic E-state index is 0.353. The SMILES string of the molecule is Oc1ccc(-c2ccc(-c3ccc(Cl)cc3)s2)s1. The third-order valence-electron chi connectivity index (χ3n) is 2.57. The fourth-order valence-corrected chi connectivity index (χ4v) is 3.67. The van der Waals surface area contributed by atoms with Gasteiger partial charge in [0.05, 0.1) is 0 Å². The fourth-order valence-electron chi connectivity index (χ4n) is 1.70. The highest BCUT2D eigenvalue weighted by Crippen LogP contribution is 2.39. The Hall–Kier alpha value is -1.29. The van der Waals surface area contributed by atoms with Crippen LogP contribution in [-0.4, -0.2) is 5.11 Å². The molecule has 1 aromatic carbocycles. The van der Waals surface area contributed by atoms with Gasteiger partial charge in [0.2, 0.25) is 0 Å². The molecule has 0 spiro atoms. The maximum atomic E-state index is 9.38. The lowest BCUT2D eigenvalue weighted by Gasteiger charge is -1.96. The van der Waals surface area contributed by atoms with E-state index in [0.29, 0.717) is 5.06 Å². The van der Waals surface area contributed by atoms with Crippen molar-refractivity contribution >= 4 is 34.3 Å². The molecule has 0 bridgehead atoms. The molecule has 0 aliphatic rings. The number of hydrogen-bond donors (Lipinski definition) is 1. The van der Waals surface area contributed by atoms with Crippen LogP contribution in [0.25, 0.3) is 20.2 Å². The minimum Gasteiger partial charge on any atom is -0.499 e. The molecule has 0 saturated carbocycles. The van der Waals surface area contributed by atoms with Crippen molar-refractivity contribution in [1.29, 1.82) is 0 Å². The van der Waals surface area contributed by atoms with Crippen molar-refractivity contribution in [2.24, 2.45) is 0 Å². The van der Waals surface area contributed by atoms with Crippen LogP contribution in [0.2, 0.25) is 5.02 Å². The van der Waals surface area contributed by atoms with Crippen LogP contribution in [0.3, 0.4) is 0 Å². The average molecular weight is 293 g/mol. The van der Waals surface area contributed by atoms with Crippen molar-refractivity contribution in [3.63, 3.8) is 0 Å². The molecule has 2 heterocycles. The minimum atomic E-state index is 0.353. The summed E-state index contributed by atoms with van der Waals surface area (Å²) in [4.78, 5) is 3.47. The summed E-state index contributed by atoms with van der Waals surface area (Å²) in [6, 6.07) is 15.7. The number of benzene rings is 1. The largest absolute Gasteiger partial charge is 0.499 e. The normalized spacial score (nSPS) is 10.7. The first-order chi connectivity index (χ1) is 8.72. The molecule has 0 amide bonds. The Labute approximate surface area is 118 Å². The zero-order valence-electron chi connectivity index (χ0n) is 9.26. The highest BCUT2D eigenvalue weighted by atomic mass is 35.5. The Bertz CT molecular complexity index is 667. The standard InChI is InChI=1S/C14H9ClOS2/c15-10-3-1-9(2-4-10)11-5-6-12(17-11)13-7-8-14(16)18-13/h1-8,16H. The van der Waals surface area contributed by atoms with Crippen molar-refractivity contribution in [3.8, 4) is 25.3 Å². The Balaban J connectivity index is 1.96. The predicted molar refractivity (Wildman–Crippen MR) is 79.7 cm³/mol. The third-order valence-corrected chi connectivity index (χ3v) is 5.04. The number of rotatable bonds is 2. The molecule has 3 rings (SSSR count). The van der Waals surface area contributed by atoms with Gasteiger partial charge in [-0.25, -0.2) is 0 Å². The van der Waals surface area contributed by atoms with Gasteiger partial charge in [-0.1, -0.05) is 35.1 Å². The summed E-state index contributed by atoms with van der Waals surface area (Å²) in [5.41, 5.74) is 1.16. The van der Waals surface area contributed by atoms with Crippen LogP contribution in [-0.2, 0) is 0 Å². The summed E-state index contributed by atoms with van der Waals surface area (Å²) in [6.07, 6.45) is 0. The Kier molecular flexibility index (Phi) is 3.12. The van der Waals surface area contributed by atoms with Gasteiger partial charge in [0.15, 0.2) is 5.06 Å². The van der Waals surface area contributed by atoms with Gasteiger partial charge in [0.1, 0.15) is 0 Å². The van der Waals surface area contributed by atoms with E-state index >= 15 is 0 Å². The van der Waals surface area contributed by atoms with Crippen LogP contribution in [0.4, 0.5) is 0 Å². The first-order valence-corrected chi connectivity index (χ1v) is 7.38. The summed E-state index contributed by atoms with van der Waals surface area (Å²) >= 11 is 8.99. The molecule has 4 heteroatoms. The Morgan fingerprint density at radius 2 is 1.33 bits per heavy atom. The molecule has 90 valence electrons.